The van der Waals surface area contributed by atoms with Gasteiger partial charge in [0, 0.05) is 22.3 Å². The molecule has 6 rings (SSSR count). The summed E-state index contributed by atoms with van der Waals surface area (Å²) in [4.78, 5) is 22.3. The molecular formula is C28H28N2O3. The van der Waals surface area contributed by atoms with E-state index in [1.54, 1.807) is 12.1 Å². The fourth-order valence-corrected chi connectivity index (χ4v) is 6.14. The molecule has 0 amide bonds. The van der Waals surface area contributed by atoms with Crippen molar-refractivity contribution in [3.63, 3.8) is 0 Å². The number of methoxy groups -OCH3 is 1. The van der Waals surface area contributed by atoms with Crippen molar-refractivity contribution < 1.29 is 14.3 Å². The van der Waals surface area contributed by atoms with Gasteiger partial charge in [-0.3, -0.25) is 0 Å². The number of carbonyl (C=O) groups excluding carboxylic acids is 1. The van der Waals surface area contributed by atoms with Crippen LogP contribution in [0.15, 0.2) is 42.5 Å². The molecule has 0 N–H and O–H groups in total. The van der Waals surface area contributed by atoms with Crippen molar-refractivity contribution in [2.24, 2.45) is 11.8 Å². The predicted octanol–water partition coefficient (Wildman–Crippen LogP) is 6.41. The Bertz CT molecular complexity index is 1440. The summed E-state index contributed by atoms with van der Waals surface area (Å²) in [5.74, 6) is 2.05. The molecular weight excluding hydrogens is 412 g/mol. The van der Waals surface area contributed by atoms with Gasteiger partial charge in [-0.25, -0.2) is 14.8 Å². The minimum absolute atomic E-state index is 0.239. The van der Waals surface area contributed by atoms with Gasteiger partial charge in [-0.15, -0.1) is 0 Å². The van der Waals surface area contributed by atoms with E-state index in [9.17, 15) is 4.79 Å². The molecule has 3 atom stereocenters. The van der Waals surface area contributed by atoms with Gasteiger partial charge in [-0.05, 0) is 56.7 Å². The SMILES string of the molecule is COC(=O)c1ccc2nc3c(nc2c1)c1c(c2ccccc23)OC(C)(C)C2CCC(C)CC12. The van der Waals surface area contributed by atoms with E-state index in [2.05, 4.69) is 39.0 Å². The normalized spacial score (nSPS) is 23.7. The second-order valence-corrected chi connectivity index (χ2v) is 10.2. The second kappa shape index (κ2) is 7.14. The number of hydrogen-bond donors (Lipinski definition) is 0. The molecule has 1 aliphatic heterocycles. The second-order valence-electron chi connectivity index (χ2n) is 10.2. The number of ether oxygens (including phenoxy) is 2. The van der Waals surface area contributed by atoms with Gasteiger partial charge < -0.3 is 9.47 Å². The maximum absolute atomic E-state index is 12.1. The first-order chi connectivity index (χ1) is 15.9. The van der Waals surface area contributed by atoms with Gasteiger partial charge in [-0.1, -0.05) is 37.6 Å². The highest BCUT2D eigenvalue weighted by Gasteiger charge is 2.47. The first kappa shape index (κ1) is 20.4. The average molecular weight is 441 g/mol. The molecule has 5 nitrogen and oxygen atoms in total. The van der Waals surface area contributed by atoms with Crippen LogP contribution in [-0.4, -0.2) is 28.6 Å². The number of carbonyl (C=O) groups is 1. The highest BCUT2D eigenvalue weighted by molar-refractivity contribution is 6.11. The minimum Gasteiger partial charge on any atom is -0.487 e. The van der Waals surface area contributed by atoms with Gasteiger partial charge in [0.25, 0.3) is 0 Å². The number of benzene rings is 3. The van der Waals surface area contributed by atoms with E-state index < -0.39 is 0 Å². The van der Waals surface area contributed by atoms with Crippen molar-refractivity contribution in [1.29, 1.82) is 0 Å². The van der Waals surface area contributed by atoms with Crippen molar-refractivity contribution in [2.75, 3.05) is 7.11 Å². The van der Waals surface area contributed by atoms with Crippen LogP contribution in [0.3, 0.4) is 0 Å². The first-order valence-corrected chi connectivity index (χ1v) is 11.8. The zero-order chi connectivity index (χ0) is 22.9. The molecule has 0 spiro atoms. The number of rotatable bonds is 1. The molecule has 5 heteroatoms. The molecule has 168 valence electrons. The molecule has 1 saturated carbocycles. The Labute approximate surface area is 193 Å². The predicted molar refractivity (Wildman–Crippen MR) is 130 cm³/mol. The standard InChI is InChI=1S/C28H28N2O3/c1-15-9-11-20-19(13-15)23-25-24(17-7-5-6-8-18(17)26(23)33-28(20,2)3)29-21-12-10-16(27(31)32-4)14-22(21)30-25/h5-8,10,12,14-15,19-20H,9,11,13H2,1-4H3. The van der Waals surface area contributed by atoms with Gasteiger partial charge in [-0.2, -0.15) is 0 Å². The number of esters is 1. The third kappa shape index (κ3) is 3.01. The van der Waals surface area contributed by atoms with E-state index >= 15 is 0 Å². The van der Waals surface area contributed by atoms with Crippen molar-refractivity contribution in [2.45, 2.75) is 51.6 Å². The van der Waals surface area contributed by atoms with Crippen LogP contribution in [0.4, 0.5) is 0 Å². The lowest BCUT2D eigenvalue weighted by atomic mass is 9.64. The molecule has 33 heavy (non-hydrogen) atoms. The third-order valence-corrected chi connectivity index (χ3v) is 7.75. The van der Waals surface area contributed by atoms with Crippen LogP contribution in [0.5, 0.6) is 5.75 Å². The van der Waals surface area contributed by atoms with Crippen molar-refractivity contribution in [3.05, 3.63) is 53.6 Å². The Morgan fingerprint density at radius 2 is 1.79 bits per heavy atom. The Balaban J connectivity index is 1.72. The lowest BCUT2D eigenvalue weighted by Crippen LogP contribution is -2.46. The summed E-state index contributed by atoms with van der Waals surface area (Å²) in [6.07, 6.45) is 3.51. The Morgan fingerprint density at radius 3 is 2.58 bits per heavy atom. The van der Waals surface area contributed by atoms with E-state index in [0.717, 1.165) is 45.9 Å². The number of aromatic nitrogens is 2. The number of hydrogen-bond acceptors (Lipinski definition) is 5. The van der Waals surface area contributed by atoms with E-state index in [1.807, 2.05) is 12.1 Å². The van der Waals surface area contributed by atoms with Gasteiger partial charge in [0.1, 0.15) is 11.4 Å². The van der Waals surface area contributed by atoms with Gasteiger partial charge in [0.05, 0.1) is 34.7 Å². The summed E-state index contributed by atoms with van der Waals surface area (Å²) in [6.45, 7) is 6.82. The molecule has 2 heterocycles. The minimum atomic E-state index is -0.370. The van der Waals surface area contributed by atoms with E-state index in [-0.39, 0.29) is 11.6 Å². The maximum atomic E-state index is 12.1. The Morgan fingerprint density at radius 1 is 1.03 bits per heavy atom. The highest BCUT2D eigenvalue weighted by Crippen LogP contribution is 2.56. The van der Waals surface area contributed by atoms with E-state index in [4.69, 9.17) is 19.4 Å². The van der Waals surface area contributed by atoms with Crippen LogP contribution in [0.1, 0.15) is 61.9 Å². The van der Waals surface area contributed by atoms with Crippen molar-refractivity contribution in [1.82, 2.24) is 9.97 Å². The van der Waals surface area contributed by atoms with Crippen LogP contribution in [0.25, 0.3) is 32.8 Å². The maximum Gasteiger partial charge on any atom is 0.337 e. The van der Waals surface area contributed by atoms with E-state index in [0.29, 0.717) is 28.8 Å². The zero-order valence-electron chi connectivity index (χ0n) is 19.5. The van der Waals surface area contributed by atoms with Crippen LogP contribution in [0, 0.1) is 11.8 Å². The van der Waals surface area contributed by atoms with Crippen LogP contribution < -0.4 is 4.74 Å². The topological polar surface area (TPSA) is 61.3 Å². The van der Waals surface area contributed by atoms with Gasteiger partial charge in [0.15, 0.2) is 0 Å². The number of fused-ring (bicyclic) bond motifs is 9. The fraction of sp³-hybridized carbons (Fsp3) is 0.393. The quantitative estimate of drug-likeness (QED) is 0.194. The lowest BCUT2D eigenvalue weighted by molar-refractivity contribution is -0.0115. The fourth-order valence-electron chi connectivity index (χ4n) is 6.14. The summed E-state index contributed by atoms with van der Waals surface area (Å²) >= 11 is 0. The molecule has 4 aromatic rings. The number of nitrogens with zero attached hydrogens (tertiary/aromatic N) is 2. The molecule has 1 fully saturated rings. The molecule has 0 radical (unpaired) electrons. The molecule has 0 bridgehead atoms. The van der Waals surface area contributed by atoms with Crippen LogP contribution >= 0.6 is 0 Å². The Kier molecular flexibility index (Phi) is 4.42. The molecule has 0 saturated heterocycles. The summed E-state index contributed by atoms with van der Waals surface area (Å²) in [6, 6.07) is 13.7. The summed E-state index contributed by atoms with van der Waals surface area (Å²) < 4.78 is 11.7. The van der Waals surface area contributed by atoms with Crippen molar-refractivity contribution >= 4 is 38.8 Å². The highest BCUT2D eigenvalue weighted by atomic mass is 16.5. The molecule has 1 aromatic heterocycles. The third-order valence-electron chi connectivity index (χ3n) is 7.75. The zero-order valence-corrected chi connectivity index (χ0v) is 19.5. The molecule has 2 aliphatic rings. The van der Waals surface area contributed by atoms with E-state index in [1.165, 1.54) is 19.1 Å². The summed E-state index contributed by atoms with van der Waals surface area (Å²) in [5, 5.41) is 2.15. The molecule has 1 aliphatic carbocycles. The smallest absolute Gasteiger partial charge is 0.337 e. The monoisotopic (exact) mass is 440 g/mol. The van der Waals surface area contributed by atoms with Crippen molar-refractivity contribution in [3.8, 4) is 5.75 Å². The first-order valence-electron chi connectivity index (χ1n) is 11.8. The Hall–Kier alpha value is -3.21. The van der Waals surface area contributed by atoms with Gasteiger partial charge >= 0.3 is 5.97 Å². The summed E-state index contributed by atoms with van der Waals surface area (Å²) in [7, 11) is 1.39. The van der Waals surface area contributed by atoms with Crippen LogP contribution in [0.2, 0.25) is 0 Å². The molecule has 3 unspecified atom stereocenters. The van der Waals surface area contributed by atoms with Gasteiger partial charge in [0.2, 0.25) is 0 Å². The summed E-state index contributed by atoms with van der Waals surface area (Å²) in [5.41, 5.74) is 4.71. The van der Waals surface area contributed by atoms with Crippen LogP contribution in [-0.2, 0) is 4.74 Å². The lowest BCUT2D eigenvalue weighted by Gasteiger charge is -2.49. The largest absolute Gasteiger partial charge is 0.487 e. The average Bonchev–Trinajstić information content (AvgIpc) is 2.81. The molecule has 3 aromatic carbocycles.